The minimum absolute atomic E-state index is 0.0152. The van der Waals surface area contributed by atoms with Gasteiger partial charge in [-0.15, -0.1) is 11.3 Å². The van der Waals surface area contributed by atoms with Gasteiger partial charge in [-0.2, -0.15) is 0 Å². The van der Waals surface area contributed by atoms with Crippen LogP contribution >= 0.6 is 27.3 Å². The van der Waals surface area contributed by atoms with E-state index in [1.807, 2.05) is 13.0 Å². The molecule has 5 heteroatoms. The Morgan fingerprint density at radius 3 is 2.85 bits per heavy atom. The van der Waals surface area contributed by atoms with Crippen molar-refractivity contribution < 1.29 is 9.53 Å². The number of hydrogen-bond donors (Lipinski definition) is 1. The van der Waals surface area contributed by atoms with E-state index in [-0.39, 0.29) is 5.91 Å². The Bertz CT molecular complexity index is 422. The van der Waals surface area contributed by atoms with Crippen molar-refractivity contribution in [2.45, 2.75) is 51.6 Å². The van der Waals surface area contributed by atoms with E-state index >= 15 is 0 Å². The van der Waals surface area contributed by atoms with Gasteiger partial charge in [-0.1, -0.05) is 19.3 Å². The van der Waals surface area contributed by atoms with Crippen LogP contribution in [0.15, 0.2) is 9.85 Å². The number of carbonyl (C=O) groups is 1. The zero-order valence-electron chi connectivity index (χ0n) is 11.9. The summed E-state index contributed by atoms with van der Waals surface area (Å²) in [6, 6.07) is 1.92. The maximum absolute atomic E-state index is 11.9. The quantitative estimate of drug-likeness (QED) is 0.769. The largest absolute Gasteiger partial charge is 0.378 e. The molecule has 0 spiro atoms. The van der Waals surface area contributed by atoms with Crippen molar-refractivity contribution in [1.82, 2.24) is 5.32 Å². The number of amides is 1. The van der Waals surface area contributed by atoms with Gasteiger partial charge < -0.3 is 10.1 Å². The smallest absolute Gasteiger partial charge is 0.261 e. The lowest BCUT2D eigenvalue weighted by Crippen LogP contribution is -2.25. The average Bonchev–Trinajstić information content (AvgIpc) is 2.79. The highest BCUT2D eigenvalue weighted by atomic mass is 79.9. The highest BCUT2D eigenvalue weighted by Crippen LogP contribution is 2.27. The molecule has 0 aliphatic heterocycles. The summed E-state index contributed by atoms with van der Waals surface area (Å²) >= 11 is 4.92. The van der Waals surface area contributed by atoms with Crippen molar-refractivity contribution in [1.29, 1.82) is 0 Å². The van der Waals surface area contributed by atoms with E-state index in [2.05, 4.69) is 21.2 Å². The first-order chi connectivity index (χ1) is 9.66. The van der Waals surface area contributed by atoms with E-state index in [9.17, 15) is 4.79 Å². The first-order valence-electron chi connectivity index (χ1n) is 7.32. The van der Waals surface area contributed by atoms with Crippen LogP contribution in [-0.4, -0.2) is 25.2 Å². The fourth-order valence-corrected chi connectivity index (χ4v) is 3.87. The molecule has 0 saturated heterocycles. The van der Waals surface area contributed by atoms with Crippen molar-refractivity contribution >= 4 is 33.2 Å². The molecule has 0 aromatic carbocycles. The van der Waals surface area contributed by atoms with E-state index < -0.39 is 0 Å². The molecular formula is C15H22BrNO2S. The second-order valence-electron chi connectivity index (χ2n) is 5.31. The van der Waals surface area contributed by atoms with Crippen LogP contribution in [0.2, 0.25) is 0 Å². The normalized spacial score (nSPS) is 16.3. The predicted molar refractivity (Wildman–Crippen MR) is 86.5 cm³/mol. The van der Waals surface area contributed by atoms with Crippen molar-refractivity contribution in [3.63, 3.8) is 0 Å². The molecule has 1 heterocycles. The number of ether oxygens (including phenoxy) is 1. The Balaban J connectivity index is 1.59. The van der Waals surface area contributed by atoms with Crippen LogP contribution in [0.3, 0.4) is 0 Å². The molecule has 0 unspecified atom stereocenters. The van der Waals surface area contributed by atoms with Crippen LogP contribution < -0.4 is 5.32 Å². The lowest BCUT2D eigenvalue weighted by molar-refractivity contribution is 0.0273. The summed E-state index contributed by atoms with van der Waals surface area (Å²) in [5.41, 5.74) is 1.11. The van der Waals surface area contributed by atoms with Gasteiger partial charge in [0.05, 0.1) is 14.8 Å². The van der Waals surface area contributed by atoms with E-state index in [0.717, 1.165) is 27.3 Å². The third kappa shape index (κ3) is 4.86. The van der Waals surface area contributed by atoms with Crippen LogP contribution in [-0.2, 0) is 4.74 Å². The maximum Gasteiger partial charge on any atom is 0.261 e. The van der Waals surface area contributed by atoms with Crippen LogP contribution in [0.4, 0.5) is 0 Å². The molecule has 1 aliphatic carbocycles. The minimum Gasteiger partial charge on any atom is -0.378 e. The molecule has 0 bridgehead atoms. The number of carbonyl (C=O) groups excluding carboxylic acids is 1. The highest BCUT2D eigenvalue weighted by Gasteiger charge is 2.13. The van der Waals surface area contributed by atoms with E-state index in [1.54, 1.807) is 0 Å². The zero-order chi connectivity index (χ0) is 14.4. The van der Waals surface area contributed by atoms with E-state index in [4.69, 9.17) is 4.74 Å². The van der Waals surface area contributed by atoms with Crippen LogP contribution in [0.25, 0.3) is 0 Å². The highest BCUT2D eigenvalue weighted by molar-refractivity contribution is 9.11. The molecule has 1 amide bonds. The molecule has 112 valence electrons. The summed E-state index contributed by atoms with van der Waals surface area (Å²) in [4.78, 5) is 12.7. The molecule has 1 aromatic rings. The van der Waals surface area contributed by atoms with Gasteiger partial charge in [-0.3, -0.25) is 4.79 Å². The fourth-order valence-electron chi connectivity index (χ4n) is 2.41. The zero-order valence-corrected chi connectivity index (χ0v) is 14.3. The number of hydrogen-bond acceptors (Lipinski definition) is 3. The molecule has 3 nitrogen and oxygen atoms in total. The van der Waals surface area contributed by atoms with Gasteiger partial charge in [0, 0.05) is 13.2 Å². The fraction of sp³-hybridized carbons (Fsp3) is 0.667. The van der Waals surface area contributed by atoms with Crippen molar-refractivity contribution in [3.8, 4) is 0 Å². The molecule has 1 aromatic heterocycles. The summed E-state index contributed by atoms with van der Waals surface area (Å²) in [6.07, 6.45) is 7.70. The van der Waals surface area contributed by atoms with Gasteiger partial charge >= 0.3 is 0 Å². The molecule has 0 radical (unpaired) electrons. The molecule has 1 N–H and O–H groups in total. The minimum atomic E-state index is 0.0152. The Labute approximate surface area is 133 Å². The van der Waals surface area contributed by atoms with E-state index in [0.29, 0.717) is 12.6 Å². The standard InChI is InChI=1S/C15H22BrNO2S/c1-11-10-13(20-14(11)16)15(18)17-8-5-9-19-12-6-3-2-4-7-12/h10,12H,2-9H2,1H3,(H,17,18). The molecule has 1 aliphatic rings. The van der Waals surface area contributed by atoms with Gasteiger partial charge in [0.15, 0.2) is 0 Å². The molecule has 2 rings (SSSR count). The molecule has 20 heavy (non-hydrogen) atoms. The average molecular weight is 360 g/mol. The molecule has 0 atom stereocenters. The van der Waals surface area contributed by atoms with Crippen molar-refractivity contribution in [3.05, 3.63) is 20.3 Å². The van der Waals surface area contributed by atoms with Gasteiger partial charge in [-0.05, 0) is 53.7 Å². The first kappa shape index (κ1) is 16.0. The summed E-state index contributed by atoms with van der Waals surface area (Å²) in [5, 5.41) is 2.95. The van der Waals surface area contributed by atoms with Crippen LogP contribution in [0.5, 0.6) is 0 Å². The Hall–Kier alpha value is -0.390. The summed E-state index contributed by atoms with van der Waals surface area (Å²) < 4.78 is 6.87. The monoisotopic (exact) mass is 359 g/mol. The topological polar surface area (TPSA) is 38.3 Å². The number of rotatable bonds is 6. The SMILES string of the molecule is Cc1cc(C(=O)NCCCOC2CCCCC2)sc1Br. The lowest BCUT2D eigenvalue weighted by atomic mass is 9.98. The van der Waals surface area contributed by atoms with Crippen molar-refractivity contribution in [2.24, 2.45) is 0 Å². The van der Waals surface area contributed by atoms with Crippen molar-refractivity contribution in [2.75, 3.05) is 13.2 Å². The molecule has 1 saturated carbocycles. The first-order valence-corrected chi connectivity index (χ1v) is 8.93. The lowest BCUT2D eigenvalue weighted by Gasteiger charge is -2.21. The van der Waals surface area contributed by atoms with Gasteiger partial charge in [0.25, 0.3) is 5.91 Å². The third-order valence-corrected chi connectivity index (χ3v) is 5.73. The Morgan fingerprint density at radius 1 is 1.45 bits per heavy atom. The summed E-state index contributed by atoms with van der Waals surface area (Å²) in [6.45, 7) is 3.42. The van der Waals surface area contributed by atoms with Gasteiger partial charge in [0.1, 0.15) is 0 Å². The maximum atomic E-state index is 11.9. The third-order valence-electron chi connectivity index (χ3n) is 3.59. The number of halogens is 1. The number of aryl methyl sites for hydroxylation is 1. The summed E-state index contributed by atoms with van der Waals surface area (Å²) in [7, 11) is 0. The van der Waals surface area contributed by atoms with E-state index in [1.165, 1.54) is 43.4 Å². The molecular weight excluding hydrogens is 338 g/mol. The summed E-state index contributed by atoms with van der Waals surface area (Å²) in [5.74, 6) is 0.0152. The van der Waals surface area contributed by atoms with Crippen LogP contribution in [0, 0.1) is 6.92 Å². The van der Waals surface area contributed by atoms with Crippen LogP contribution in [0.1, 0.15) is 53.8 Å². The second-order valence-corrected chi connectivity index (χ2v) is 7.68. The predicted octanol–water partition coefficient (Wildman–Crippen LogP) is 4.29. The van der Waals surface area contributed by atoms with Gasteiger partial charge in [-0.25, -0.2) is 0 Å². The number of thiophene rings is 1. The Morgan fingerprint density at radius 2 is 2.20 bits per heavy atom. The second kappa shape index (κ2) is 8.15. The Kier molecular flexibility index (Phi) is 6.52. The van der Waals surface area contributed by atoms with Gasteiger partial charge in [0.2, 0.25) is 0 Å². The molecule has 1 fully saturated rings. The number of nitrogens with one attached hydrogen (secondary N) is 1.